The van der Waals surface area contributed by atoms with Crippen molar-refractivity contribution in [3.63, 3.8) is 0 Å². The summed E-state index contributed by atoms with van der Waals surface area (Å²) in [5.41, 5.74) is 2.16. The fraction of sp³-hybridized carbons (Fsp3) is 0.615. The molecule has 1 atom stereocenters. The second kappa shape index (κ2) is 5.02. The third kappa shape index (κ3) is 2.36. The summed E-state index contributed by atoms with van der Waals surface area (Å²) in [5.74, 6) is 0. The lowest BCUT2D eigenvalue weighted by Crippen LogP contribution is -2.31. The van der Waals surface area contributed by atoms with Crippen molar-refractivity contribution in [3.8, 4) is 6.01 Å². The van der Waals surface area contributed by atoms with Crippen LogP contribution in [0.1, 0.15) is 24.1 Å². The molecule has 0 bridgehead atoms. The first-order chi connectivity index (χ1) is 8.83. The summed E-state index contributed by atoms with van der Waals surface area (Å²) in [7, 11) is 2.14. The van der Waals surface area contributed by atoms with Crippen molar-refractivity contribution >= 4 is 6.21 Å². The van der Waals surface area contributed by atoms with Gasteiger partial charge in [0.15, 0.2) is 0 Å². The first-order valence-corrected chi connectivity index (χ1v) is 6.49. The Hall–Kier alpha value is -1.49. The monoisotopic (exact) mass is 246 g/mol. The molecule has 5 heteroatoms. The second-order valence-corrected chi connectivity index (χ2v) is 4.94. The number of nitrogens with zero attached hydrogens (tertiary/aromatic N) is 4. The zero-order valence-electron chi connectivity index (χ0n) is 10.7. The molecule has 2 aliphatic heterocycles. The number of likely N-dealkylation sites (tertiary alicyclic amines) is 1. The number of fused-ring (bicyclic) bond motifs is 1. The highest BCUT2D eigenvalue weighted by Gasteiger charge is 2.21. The molecule has 1 unspecified atom stereocenters. The van der Waals surface area contributed by atoms with E-state index in [1.54, 1.807) is 0 Å². The number of hydrogen-bond acceptors (Lipinski definition) is 5. The van der Waals surface area contributed by atoms with Crippen molar-refractivity contribution in [1.29, 1.82) is 0 Å². The Morgan fingerprint density at radius 3 is 3.28 bits per heavy atom. The SMILES string of the molecule is CN1CCCC1COc1ncc2c(n1)CN=CC2. The van der Waals surface area contributed by atoms with E-state index in [1.807, 2.05) is 12.4 Å². The van der Waals surface area contributed by atoms with Crippen molar-refractivity contribution in [2.45, 2.75) is 31.8 Å². The van der Waals surface area contributed by atoms with Gasteiger partial charge in [-0.1, -0.05) is 0 Å². The van der Waals surface area contributed by atoms with Crippen LogP contribution < -0.4 is 4.74 Å². The molecule has 0 aromatic carbocycles. The molecule has 3 heterocycles. The summed E-state index contributed by atoms with van der Waals surface area (Å²) in [5, 5.41) is 0. The molecule has 96 valence electrons. The molecule has 2 aliphatic rings. The van der Waals surface area contributed by atoms with Crippen LogP contribution in [-0.4, -0.2) is 47.3 Å². The summed E-state index contributed by atoms with van der Waals surface area (Å²) in [6, 6.07) is 0.994. The van der Waals surface area contributed by atoms with Gasteiger partial charge in [-0.05, 0) is 32.0 Å². The van der Waals surface area contributed by atoms with Crippen LogP contribution in [0.4, 0.5) is 0 Å². The van der Waals surface area contributed by atoms with Gasteiger partial charge in [-0.15, -0.1) is 0 Å². The van der Waals surface area contributed by atoms with E-state index in [0.29, 0.717) is 25.2 Å². The maximum absolute atomic E-state index is 5.71. The Balaban J connectivity index is 1.63. The maximum Gasteiger partial charge on any atom is 0.316 e. The van der Waals surface area contributed by atoms with E-state index >= 15 is 0 Å². The molecule has 0 amide bonds. The average Bonchev–Trinajstić information content (AvgIpc) is 2.82. The fourth-order valence-corrected chi connectivity index (χ4v) is 2.48. The molecule has 0 saturated carbocycles. The number of ether oxygens (including phenoxy) is 1. The molecular weight excluding hydrogens is 228 g/mol. The maximum atomic E-state index is 5.71. The lowest BCUT2D eigenvalue weighted by atomic mass is 10.1. The van der Waals surface area contributed by atoms with Gasteiger partial charge in [0.25, 0.3) is 0 Å². The predicted molar refractivity (Wildman–Crippen MR) is 69.1 cm³/mol. The van der Waals surface area contributed by atoms with Crippen LogP contribution in [-0.2, 0) is 13.0 Å². The number of rotatable bonds is 3. The lowest BCUT2D eigenvalue weighted by Gasteiger charge is -2.19. The van der Waals surface area contributed by atoms with E-state index in [9.17, 15) is 0 Å². The Bertz CT molecular complexity index is 460. The molecule has 1 aromatic rings. The smallest absolute Gasteiger partial charge is 0.316 e. The molecule has 18 heavy (non-hydrogen) atoms. The van der Waals surface area contributed by atoms with Crippen LogP contribution in [0, 0.1) is 0 Å². The number of aromatic nitrogens is 2. The zero-order chi connectivity index (χ0) is 12.4. The van der Waals surface area contributed by atoms with Crippen LogP contribution in [0.25, 0.3) is 0 Å². The molecule has 5 nitrogen and oxygen atoms in total. The Kier molecular flexibility index (Phi) is 3.23. The van der Waals surface area contributed by atoms with E-state index in [1.165, 1.54) is 12.8 Å². The van der Waals surface area contributed by atoms with Crippen molar-refractivity contribution < 1.29 is 4.74 Å². The van der Waals surface area contributed by atoms with Gasteiger partial charge in [0.1, 0.15) is 6.61 Å². The summed E-state index contributed by atoms with van der Waals surface area (Å²) in [6.45, 7) is 2.49. The first kappa shape index (κ1) is 11.6. The largest absolute Gasteiger partial charge is 0.462 e. The van der Waals surface area contributed by atoms with E-state index in [-0.39, 0.29) is 0 Å². The van der Waals surface area contributed by atoms with Crippen LogP contribution in [0.2, 0.25) is 0 Å². The van der Waals surface area contributed by atoms with Crippen LogP contribution in [0.5, 0.6) is 6.01 Å². The minimum atomic E-state index is 0.492. The molecule has 1 aromatic heterocycles. The Morgan fingerprint density at radius 2 is 2.44 bits per heavy atom. The van der Waals surface area contributed by atoms with Crippen molar-refractivity contribution in [2.75, 3.05) is 20.2 Å². The van der Waals surface area contributed by atoms with Crippen LogP contribution >= 0.6 is 0 Å². The van der Waals surface area contributed by atoms with E-state index in [4.69, 9.17) is 4.74 Å². The van der Waals surface area contributed by atoms with Gasteiger partial charge in [-0.25, -0.2) is 4.98 Å². The second-order valence-electron chi connectivity index (χ2n) is 4.94. The van der Waals surface area contributed by atoms with E-state index in [0.717, 1.165) is 24.2 Å². The lowest BCUT2D eigenvalue weighted by molar-refractivity contribution is 0.187. The first-order valence-electron chi connectivity index (χ1n) is 6.49. The highest BCUT2D eigenvalue weighted by Crippen LogP contribution is 2.17. The molecule has 1 fully saturated rings. The van der Waals surface area contributed by atoms with E-state index < -0.39 is 0 Å². The highest BCUT2D eigenvalue weighted by atomic mass is 16.5. The summed E-state index contributed by atoms with van der Waals surface area (Å²) in [4.78, 5) is 15.3. The minimum Gasteiger partial charge on any atom is -0.462 e. The van der Waals surface area contributed by atoms with Crippen molar-refractivity contribution in [3.05, 3.63) is 17.5 Å². The zero-order valence-corrected chi connectivity index (χ0v) is 10.7. The molecular formula is C13H18N4O. The Morgan fingerprint density at radius 1 is 1.50 bits per heavy atom. The van der Waals surface area contributed by atoms with Gasteiger partial charge in [-0.2, -0.15) is 4.98 Å². The summed E-state index contributed by atoms with van der Waals surface area (Å²) < 4.78 is 5.71. The quantitative estimate of drug-likeness (QED) is 0.800. The molecule has 1 saturated heterocycles. The highest BCUT2D eigenvalue weighted by molar-refractivity contribution is 5.63. The molecule has 3 rings (SSSR count). The molecule has 0 radical (unpaired) electrons. The van der Waals surface area contributed by atoms with Gasteiger partial charge in [0.05, 0.1) is 12.2 Å². The summed E-state index contributed by atoms with van der Waals surface area (Å²) in [6.07, 6.45) is 7.07. The number of aliphatic imine (C=N–C) groups is 1. The van der Waals surface area contributed by atoms with Crippen molar-refractivity contribution in [1.82, 2.24) is 14.9 Å². The topological polar surface area (TPSA) is 50.6 Å². The van der Waals surface area contributed by atoms with Crippen molar-refractivity contribution in [2.24, 2.45) is 4.99 Å². The molecule has 0 N–H and O–H groups in total. The fourth-order valence-electron chi connectivity index (χ4n) is 2.48. The standard InChI is InChI=1S/C13H18N4O/c1-17-6-2-3-11(17)9-18-13-15-7-10-4-5-14-8-12(10)16-13/h5,7,11H,2-4,6,8-9H2,1H3. The van der Waals surface area contributed by atoms with Crippen LogP contribution in [0.15, 0.2) is 11.2 Å². The van der Waals surface area contributed by atoms with Gasteiger partial charge in [0.2, 0.25) is 0 Å². The van der Waals surface area contributed by atoms with Gasteiger partial charge < -0.3 is 9.64 Å². The van der Waals surface area contributed by atoms with Gasteiger partial charge >= 0.3 is 6.01 Å². The Labute approximate surface area is 107 Å². The third-order valence-corrected chi connectivity index (χ3v) is 3.69. The minimum absolute atomic E-state index is 0.492. The third-order valence-electron chi connectivity index (χ3n) is 3.69. The van der Waals surface area contributed by atoms with Gasteiger partial charge in [-0.3, -0.25) is 4.99 Å². The van der Waals surface area contributed by atoms with Gasteiger partial charge in [0, 0.05) is 24.9 Å². The average molecular weight is 246 g/mol. The summed E-state index contributed by atoms with van der Waals surface area (Å²) >= 11 is 0. The molecule has 0 aliphatic carbocycles. The number of likely N-dealkylation sites (N-methyl/N-ethyl adjacent to an activating group) is 1. The normalized spacial score (nSPS) is 23.1. The number of hydrogen-bond donors (Lipinski definition) is 0. The predicted octanol–water partition coefficient (Wildman–Crippen LogP) is 1.08. The van der Waals surface area contributed by atoms with E-state index in [2.05, 4.69) is 26.9 Å². The molecule has 0 spiro atoms. The van der Waals surface area contributed by atoms with Crippen LogP contribution in [0.3, 0.4) is 0 Å².